The second kappa shape index (κ2) is 5.19. The maximum absolute atomic E-state index is 5.65. The zero-order chi connectivity index (χ0) is 12.3. The van der Waals surface area contributed by atoms with Crippen LogP contribution in [0.15, 0.2) is 41.0 Å². The Morgan fingerprint density at radius 2 is 2.18 bits per heavy atom. The molecule has 0 bridgehead atoms. The molecule has 2 rings (SSSR count). The van der Waals surface area contributed by atoms with Gasteiger partial charge in [-0.25, -0.2) is 4.98 Å². The third-order valence-corrected chi connectivity index (χ3v) is 2.81. The van der Waals surface area contributed by atoms with Crippen molar-refractivity contribution in [2.45, 2.75) is 13.5 Å². The van der Waals surface area contributed by atoms with Crippen molar-refractivity contribution >= 4 is 21.6 Å². The van der Waals surface area contributed by atoms with Gasteiger partial charge in [0.2, 0.25) is 5.88 Å². The summed E-state index contributed by atoms with van der Waals surface area (Å²) in [6.07, 6.45) is 1.60. The van der Waals surface area contributed by atoms with Gasteiger partial charge in [0.25, 0.3) is 0 Å². The molecule has 0 radical (unpaired) electrons. The summed E-state index contributed by atoms with van der Waals surface area (Å²) in [5, 5.41) is 0. The van der Waals surface area contributed by atoms with Gasteiger partial charge >= 0.3 is 0 Å². The fraction of sp³-hybridized carbons (Fsp3) is 0.154. The van der Waals surface area contributed by atoms with E-state index in [0.29, 0.717) is 18.2 Å². The van der Waals surface area contributed by atoms with Gasteiger partial charge in [-0.2, -0.15) is 0 Å². The minimum atomic E-state index is 0.497. The zero-order valence-electron chi connectivity index (χ0n) is 9.48. The Labute approximate surface area is 109 Å². The molecule has 1 aromatic carbocycles. The number of benzene rings is 1. The van der Waals surface area contributed by atoms with Crippen molar-refractivity contribution in [3.63, 3.8) is 0 Å². The topological polar surface area (TPSA) is 48.1 Å². The van der Waals surface area contributed by atoms with Crippen molar-refractivity contribution in [2.75, 3.05) is 5.73 Å². The van der Waals surface area contributed by atoms with Crippen LogP contribution >= 0.6 is 15.9 Å². The van der Waals surface area contributed by atoms with Crippen LogP contribution in [0.4, 0.5) is 5.69 Å². The van der Waals surface area contributed by atoms with E-state index in [1.807, 2.05) is 37.3 Å². The minimum Gasteiger partial charge on any atom is -0.473 e. The van der Waals surface area contributed by atoms with E-state index < -0.39 is 0 Å². The van der Waals surface area contributed by atoms with Crippen molar-refractivity contribution in [2.24, 2.45) is 0 Å². The van der Waals surface area contributed by atoms with Crippen LogP contribution in [-0.4, -0.2) is 4.98 Å². The summed E-state index contributed by atoms with van der Waals surface area (Å²) in [5.74, 6) is 0.624. The van der Waals surface area contributed by atoms with E-state index in [9.17, 15) is 0 Å². The van der Waals surface area contributed by atoms with Gasteiger partial charge in [0.1, 0.15) is 6.61 Å². The number of aryl methyl sites for hydroxylation is 1. The summed E-state index contributed by atoms with van der Waals surface area (Å²) < 4.78 is 6.69. The first-order chi connectivity index (χ1) is 8.15. The SMILES string of the molecule is Cc1cc(N)cnc1OCc1cccc(Br)c1. The Morgan fingerprint density at radius 3 is 2.88 bits per heavy atom. The molecule has 17 heavy (non-hydrogen) atoms. The summed E-state index contributed by atoms with van der Waals surface area (Å²) in [6.45, 7) is 2.43. The van der Waals surface area contributed by atoms with Gasteiger partial charge < -0.3 is 10.5 Å². The molecule has 0 aliphatic carbocycles. The van der Waals surface area contributed by atoms with Crippen LogP contribution in [0.25, 0.3) is 0 Å². The summed E-state index contributed by atoms with van der Waals surface area (Å²) in [7, 11) is 0. The Kier molecular flexibility index (Phi) is 3.64. The van der Waals surface area contributed by atoms with Crippen molar-refractivity contribution in [3.05, 3.63) is 52.1 Å². The molecule has 0 atom stereocenters. The predicted molar refractivity (Wildman–Crippen MR) is 71.9 cm³/mol. The van der Waals surface area contributed by atoms with Gasteiger partial charge in [-0.05, 0) is 30.7 Å². The van der Waals surface area contributed by atoms with E-state index in [2.05, 4.69) is 20.9 Å². The molecule has 0 aliphatic heterocycles. The number of aromatic nitrogens is 1. The number of anilines is 1. The molecule has 0 amide bonds. The molecule has 0 saturated heterocycles. The summed E-state index contributed by atoms with van der Waals surface area (Å²) in [4.78, 5) is 4.16. The second-order valence-electron chi connectivity index (χ2n) is 3.81. The van der Waals surface area contributed by atoms with Crippen LogP contribution in [0.2, 0.25) is 0 Å². The van der Waals surface area contributed by atoms with Crippen LogP contribution in [0, 0.1) is 6.92 Å². The highest BCUT2D eigenvalue weighted by molar-refractivity contribution is 9.10. The Morgan fingerprint density at radius 1 is 1.35 bits per heavy atom. The number of hydrogen-bond donors (Lipinski definition) is 1. The lowest BCUT2D eigenvalue weighted by Gasteiger charge is -2.08. The Balaban J connectivity index is 2.07. The van der Waals surface area contributed by atoms with Crippen molar-refractivity contribution in [1.29, 1.82) is 0 Å². The van der Waals surface area contributed by atoms with Crippen LogP contribution < -0.4 is 10.5 Å². The van der Waals surface area contributed by atoms with Crippen molar-refractivity contribution in [1.82, 2.24) is 4.98 Å². The summed E-state index contributed by atoms with van der Waals surface area (Å²) in [5.41, 5.74) is 8.32. The first-order valence-corrected chi connectivity index (χ1v) is 6.04. The van der Waals surface area contributed by atoms with Crippen molar-refractivity contribution < 1.29 is 4.74 Å². The third kappa shape index (κ3) is 3.20. The standard InChI is InChI=1S/C13H13BrN2O/c1-9-5-12(15)7-16-13(9)17-8-10-3-2-4-11(14)6-10/h2-7H,8,15H2,1H3. The van der Waals surface area contributed by atoms with E-state index in [-0.39, 0.29) is 0 Å². The van der Waals surface area contributed by atoms with E-state index in [4.69, 9.17) is 10.5 Å². The first-order valence-electron chi connectivity index (χ1n) is 5.24. The van der Waals surface area contributed by atoms with Gasteiger partial charge in [-0.15, -0.1) is 0 Å². The Bertz CT molecular complexity index is 529. The summed E-state index contributed by atoms with van der Waals surface area (Å²) in [6, 6.07) is 9.84. The van der Waals surface area contributed by atoms with Gasteiger partial charge in [-0.1, -0.05) is 28.1 Å². The number of nitrogens with zero attached hydrogens (tertiary/aromatic N) is 1. The number of pyridine rings is 1. The normalized spacial score (nSPS) is 10.2. The fourth-order valence-electron chi connectivity index (χ4n) is 1.51. The maximum Gasteiger partial charge on any atom is 0.216 e. The molecule has 0 unspecified atom stereocenters. The molecule has 0 spiro atoms. The molecule has 0 saturated carbocycles. The van der Waals surface area contributed by atoms with E-state index in [1.165, 1.54) is 0 Å². The summed E-state index contributed by atoms with van der Waals surface area (Å²) >= 11 is 3.42. The molecule has 3 nitrogen and oxygen atoms in total. The number of nitrogen functional groups attached to an aromatic ring is 1. The molecule has 1 heterocycles. The molecule has 4 heteroatoms. The number of hydrogen-bond acceptors (Lipinski definition) is 3. The highest BCUT2D eigenvalue weighted by Crippen LogP contribution is 2.18. The van der Waals surface area contributed by atoms with E-state index in [0.717, 1.165) is 15.6 Å². The lowest BCUT2D eigenvalue weighted by molar-refractivity contribution is 0.291. The highest BCUT2D eigenvalue weighted by atomic mass is 79.9. The molecule has 0 aliphatic rings. The largest absolute Gasteiger partial charge is 0.473 e. The number of halogens is 1. The third-order valence-electron chi connectivity index (χ3n) is 2.32. The van der Waals surface area contributed by atoms with Crippen molar-refractivity contribution in [3.8, 4) is 5.88 Å². The number of rotatable bonds is 3. The average Bonchev–Trinajstić information content (AvgIpc) is 2.28. The van der Waals surface area contributed by atoms with Gasteiger partial charge in [0.15, 0.2) is 0 Å². The van der Waals surface area contributed by atoms with Crippen LogP contribution in [-0.2, 0) is 6.61 Å². The molecular formula is C13H13BrN2O. The molecule has 2 N–H and O–H groups in total. The van der Waals surface area contributed by atoms with Gasteiger partial charge in [-0.3, -0.25) is 0 Å². The lowest BCUT2D eigenvalue weighted by Crippen LogP contribution is -2.00. The minimum absolute atomic E-state index is 0.497. The molecule has 2 aromatic rings. The second-order valence-corrected chi connectivity index (χ2v) is 4.72. The zero-order valence-corrected chi connectivity index (χ0v) is 11.1. The molecular weight excluding hydrogens is 280 g/mol. The van der Waals surface area contributed by atoms with E-state index in [1.54, 1.807) is 6.20 Å². The monoisotopic (exact) mass is 292 g/mol. The Hall–Kier alpha value is -1.55. The molecule has 1 aromatic heterocycles. The van der Waals surface area contributed by atoms with Crippen LogP contribution in [0.5, 0.6) is 5.88 Å². The predicted octanol–water partition coefficient (Wildman–Crippen LogP) is 3.31. The van der Waals surface area contributed by atoms with Gasteiger partial charge in [0, 0.05) is 10.0 Å². The average molecular weight is 293 g/mol. The number of ether oxygens (including phenoxy) is 1. The lowest BCUT2D eigenvalue weighted by atomic mass is 10.2. The molecule has 88 valence electrons. The smallest absolute Gasteiger partial charge is 0.216 e. The first kappa shape index (κ1) is 11.9. The highest BCUT2D eigenvalue weighted by Gasteiger charge is 2.02. The van der Waals surface area contributed by atoms with Crippen LogP contribution in [0.3, 0.4) is 0 Å². The van der Waals surface area contributed by atoms with Gasteiger partial charge in [0.05, 0.1) is 11.9 Å². The van der Waals surface area contributed by atoms with Crippen LogP contribution in [0.1, 0.15) is 11.1 Å². The molecule has 0 fully saturated rings. The fourth-order valence-corrected chi connectivity index (χ4v) is 1.96. The number of nitrogens with two attached hydrogens (primary N) is 1. The quantitative estimate of drug-likeness (QED) is 0.944. The van der Waals surface area contributed by atoms with E-state index >= 15 is 0 Å². The maximum atomic E-state index is 5.65.